The molecule has 0 saturated heterocycles. The van der Waals surface area contributed by atoms with Crippen LogP contribution in [0.1, 0.15) is 51.5 Å². The van der Waals surface area contributed by atoms with Crippen LogP contribution in [-0.2, 0) is 11.2 Å². The third-order valence-corrected chi connectivity index (χ3v) is 5.13. The minimum atomic E-state index is 0.123. The zero-order chi connectivity index (χ0) is 14.9. The smallest absolute Gasteiger partial charge is 0.228 e. The molecule has 1 aromatic carbocycles. The number of anilines is 2. The van der Waals surface area contributed by atoms with Crippen molar-refractivity contribution < 1.29 is 4.79 Å². The van der Waals surface area contributed by atoms with Crippen molar-refractivity contribution >= 4 is 17.3 Å². The van der Waals surface area contributed by atoms with E-state index >= 15 is 0 Å². The largest absolute Gasteiger partial charge is 0.385 e. The number of hydrogen-bond acceptors (Lipinski definition) is 2. The van der Waals surface area contributed by atoms with Crippen molar-refractivity contribution in [3.8, 4) is 0 Å². The van der Waals surface area contributed by atoms with E-state index in [1.807, 2.05) is 6.07 Å². The van der Waals surface area contributed by atoms with Gasteiger partial charge in [-0.15, -0.1) is 0 Å². The molecule has 0 aromatic heterocycles. The van der Waals surface area contributed by atoms with Crippen molar-refractivity contribution in [2.24, 2.45) is 11.3 Å². The predicted octanol–water partition coefficient (Wildman–Crippen LogP) is 4.20. The summed E-state index contributed by atoms with van der Waals surface area (Å²) in [7, 11) is 0. The van der Waals surface area contributed by atoms with E-state index in [1.165, 1.54) is 30.5 Å². The maximum atomic E-state index is 12.6. The molecule has 1 aromatic rings. The van der Waals surface area contributed by atoms with Gasteiger partial charge in [0.1, 0.15) is 0 Å². The van der Waals surface area contributed by atoms with Gasteiger partial charge >= 0.3 is 0 Å². The lowest BCUT2D eigenvalue weighted by Gasteiger charge is -2.37. The predicted molar refractivity (Wildman–Crippen MR) is 87.6 cm³/mol. The minimum absolute atomic E-state index is 0.123. The molecule has 114 valence electrons. The topological polar surface area (TPSA) is 41.1 Å². The maximum absolute atomic E-state index is 12.6. The summed E-state index contributed by atoms with van der Waals surface area (Å²) < 4.78 is 0. The van der Waals surface area contributed by atoms with E-state index in [9.17, 15) is 4.79 Å². The second-order valence-electron chi connectivity index (χ2n) is 7.18. The average molecular weight is 286 g/mol. The first-order valence-electron chi connectivity index (χ1n) is 8.24. The van der Waals surface area contributed by atoms with Gasteiger partial charge in [-0.2, -0.15) is 0 Å². The molecular weight excluding hydrogens is 260 g/mol. The Morgan fingerprint density at radius 3 is 2.95 bits per heavy atom. The second-order valence-corrected chi connectivity index (χ2v) is 7.18. The number of aryl methyl sites for hydroxylation is 1. The van der Waals surface area contributed by atoms with Crippen LogP contribution in [0, 0.1) is 11.3 Å². The summed E-state index contributed by atoms with van der Waals surface area (Å²) in [6.45, 7) is 5.51. The zero-order valence-electron chi connectivity index (χ0n) is 13.2. The summed E-state index contributed by atoms with van der Waals surface area (Å²) in [6, 6.07) is 6.25. The zero-order valence-corrected chi connectivity index (χ0v) is 13.2. The first-order chi connectivity index (χ1) is 10.1. The standard InChI is InChI=1S/C18H26N2O/c1-18(2)10-4-3-7-15(18)17(21)20-14-8-9-16-13(12-14)6-5-11-19-16/h8-9,12,15,19H,3-7,10-11H2,1-2H3,(H,20,21). The van der Waals surface area contributed by atoms with Crippen LogP contribution in [0.25, 0.3) is 0 Å². The van der Waals surface area contributed by atoms with E-state index in [0.717, 1.165) is 31.5 Å². The number of benzene rings is 1. The molecule has 1 unspecified atom stereocenters. The Kier molecular flexibility index (Phi) is 3.92. The Labute approximate surface area is 127 Å². The van der Waals surface area contributed by atoms with E-state index in [2.05, 4.69) is 36.6 Å². The number of rotatable bonds is 2. The van der Waals surface area contributed by atoms with Crippen molar-refractivity contribution in [3.63, 3.8) is 0 Å². The van der Waals surface area contributed by atoms with Gasteiger partial charge in [0.25, 0.3) is 0 Å². The SMILES string of the molecule is CC1(C)CCCCC1C(=O)Nc1ccc2c(c1)CCCN2. The van der Waals surface area contributed by atoms with Crippen molar-refractivity contribution in [1.29, 1.82) is 0 Å². The van der Waals surface area contributed by atoms with E-state index in [-0.39, 0.29) is 17.2 Å². The Balaban J connectivity index is 1.72. The fourth-order valence-corrected chi connectivity index (χ4v) is 3.76. The summed E-state index contributed by atoms with van der Waals surface area (Å²) >= 11 is 0. The van der Waals surface area contributed by atoms with Gasteiger partial charge in [0, 0.05) is 23.8 Å². The molecule has 0 spiro atoms. The molecule has 2 N–H and O–H groups in total. The lowest BCUT2D eigenvalue weighted by Crippen LogP contribution is -2.37. The molecule has 1 aliphatic heterocycles. The van der Waals surface area contributed by atoms with Gasteiger partial charge in [-0.1, -0.05) is 26.7 Å². The third kappa shape index (κ3) is 3.07. The van der Waals surface area contributed by atoms with Crippen molar-refractivity contribution in [2.45, 2.75) is 52.4 Å². The van der Waals surface area contributed by atoms with E-state index in [4.69, 9.17) is 0 Å². The van der Waals surface area contributed by atoms with Gasteiger partial charge < -0.3 is 10.6 Å². The van der Waals surface area contributed by atoms with E-state index < -0.39 is 0 Å². The van der Waals surface area contributed by atoms with Crippen LogP contribution < -0.4 is 10.6 Å². The molecule has 3 heteroatoms. The van der Waals surface area contributed by atoms with Crippen LogP contribution in [0.2, 0.25) is 0 Å². The molecule has 21 heavy (non-hydrogen) atoms. The molecule has 1 atom stereocenters. The first-order valence-corrected chi connectivity index (χ1v) is 8.24. The molecule has 3 nitrogen and oxygen atoms in total. The molecule has 3 rings (SSSR count). The fourth-order valence-electron chi connectivity index (χ4n) is 3.76. The summed E-state index contributed by atoms with van der Waals surface area (Å²) in [4.78, 5) is 12.6. The van der Waals surface area contributed by atoms with Crippen LogP contribution in [0.3, 0.4) is 0 Å². The van der Waals surface area contributed by atoms with Crippen LogP contribution in [0.5, 0.6) is 0 Å². The Bertz CT molecular complexity index is 536. The molecule has 1 saturated carbocycles. The lowest BCUT2D eigenvalue weighted by atomic mass is 9.68. The highest BCUT2D eigenvalue weighted by atomic mass is 16.1. The summed E-state index contributed by atoms with van der Waals surface area (Å²) in [5, 5.41) is 6.56. The number of nitrogens with one attached hydrogen (secondary N) is 2. The highest BCUT2D eigenvalue weighted by Gasteiger charge is 2.37. The molecule has 1 heterocycles. The average Bonchev–Trinajstić information content (AvgIpc) is 2.46. The quantitative estimate of drug-likeness (QED) is 0.855. The second kappa shape index (κ2) is 5.70. The number of carbonyl (C=O) groups excluding carboxylic acids is 1. The molecular formula is C18H26N2O. The van der Waals surface area contributed by atoms with Gasteiger partial charge in [-0.3, -0.25) is 4.79 Å². The normalized spacial score (nSPS) is 23.8. The van der Waals surface area contributed by atoms with Crippen molar-refractivity contribution in [3.05, 3.63) is 23.8 Å². The molecule has 1 fully saturated rings. The highest BCUT2D eigenvalue weighted by Crippen LogP contribution is 2.41. The van der Waals surface area contributed by atoms with E-state index in [0.29, 0.717) is 0 Å². The third-order valence-electron chi connectivity index (χ3n) is 5.13. The van der Waals surface area contributed by atoms with Crippen molar-refractivity contribution in [1.82, 2.24) is 0 Å². The number of fused-ring (bicyclic) bond motifs is 1. The summed E-state index contributed by atoms with van der Waals surface area (Å²) in [6.07, 6.45) is 6.86. The molecule has 2 aliphatic rings. The van der Waals surface area contributed by atoms with Crippen molar-refractivity contribution in [2.75, 3.05) is 17.2 Å². The van der Waals surface area contributed by atoms with Gasteiger partial charge in [0.15, 0.2) is 0 Å². The van der Waals surface area contributed by atoms with Gasteiger partial charge in [0.05, 0.1) is 0 Å². The first kappa shape index (κ1) is 14.4. The number of amides is 1. The number of carbonyl (C=O) groups is 1. The van der Waals surface area contributed by atoms with Crippen LogP contribution >= 0.6 is 0 Å². The van der Waals surface area contributed by atoms with E-state index in [1.54, 1.807) is 0 Å². The van der Waals surface area contributed by atoms with Gasteiger partial charge in [-0.05, 0) is 54.9 Å². The molecule has 1 aliphatic carbocycles. The Morgan fingerprint density at radius 1 is 1.29 bits per heavy atom. The van der Waals surface area contributed by atoms with Crippen LogP contribution in [0.4, 0.5) is 11.4 Å². The highest BCUT2D eigenvalue weighted by molar-refractivity contribution is 5.93. The minimum Gasteiger partial charge on any atom is -0.385 e. The Hall–Kier alpha value is -1.51. The molecule has 0 bridgehead atoms. The fraction of sp³-hybridized carbons (Fsp3) is 0.611. The van der Waals surface area contributed by atoms with Gasteiger partial charge in [-0.25, -0.2) is 0 Å². The lowest BCUT2D eigenvalue weighted by molar-refractivity contribution is -0.124. The van der Waals surface area contributed by atoms with Gasteiger partial charge in [0.2, 0.25) is 5.91 Å². The Morgan fingerprint density at radius 2 is 2.14 bits per heavy atom. The summed E-state index contributed by atoms with van der Waals surface area (Å²) in [5.41, 5.74) is 3.61. The number of hydrogen-bond donors (Lipinski definition) is 2. The molecule has 1 amide bonds. The summed E-state index contributed by atoms with van der Waals surface area (Å²) in [5.74, 6) is 0.337. The monoisotopic (exact) mass is 286 g/mol. The molecule has 0 radical (unpaired) electrons. The van der Waals surface area contributed by atoms with Crippen LogP contribution in [-0.4, -0.2) is 12.5 Å². The maximum Gasteiger partial charge on any atom is 0.228 e. The van der Waals surface area contributed by atoms with Crippen LogP contribution in [0.15, 0.2) is 18.2 Å².